The van der Waals surface area contributed by atoms with Gasteiger partial charge in [0.15, 0.2) is 0 Å². The average Bonchev–Trinajstić information content (AvgIpc) is 3.15. The van der Waals surface area contributed by atoms with Gasteiger partial charge in [0.1, 0.15) is 0 Å². The molecule has 170 valence electrons. The summed E-state index contributed by atoms with van der Waals surface area (Å²) in [6, 6.07) is 17.2. The predicted molar refractivity (Wildman–Crippen MR) is 128 cm³/mol. The van der Waals surface area contributed by atoms with Crippen molar-refractivity contribution in [1.82, 2.24) is 14.9 Å². The topological polar surface area (TPSA) is 95.5 Å². The molecule has 3 aromatic rings. The van der Waals surface area contributed by atoms with Gasteiger partial charge in [-0.2, -0.15) is 0 Å². The molecule has 0 aliphatic carbocycles. The van der Waals surface area contributed by atoms with E-state index in [2.05, 4.69) is 15.3 Å². The van der Waals surface area contributed by atoms with Crippen LogP contribution in [0.3, 0.4) is 0 Å². The van der Waals surface area contributed by atoms with Gasteiger partial charge in [0, 0.05) is 43.0 Å². The number of para-hydroxylation sites is 1. The Bertz CT molecular complexity index is 1270. The number of nitrogens with zero attached hydrogens (tertiary/aromatic N) is 4. The Balaban J connectivity index is 1.26. The van der Waals surface area contributed by atoms with Crippen LogP contribution < -0.4 is 9.62 Å². The highest BCUT2D eigenvalue weighted by Gasteiger charge is 2.47. The van der Waals surface area contributed by atoms with Crippen molar-refractivity contribution in [3.05, 3.63) is 72.6 Å². The lowest BCUT2D eigenvalue weighted by Crippen LogP contribution is -2.48. The standard InChI is InChI=1S/C24H25N5O3S/c1-33(31,32)29-17-24(20-9-5-6-10-21(20)29)11-13-28(14-12-24)23(30)27-22-25-15-19(16-26-22)18-7-3-2-4-8-18/h2-10,15-16H,11-14,17H2,1H3,(H,25,26,27,30). The number of benzene rings is 2. The van der Waals surface area contributed by atoms with Crippen molar-refractivity contribution in [3.8, 4) is 11.1 Å². The lowest BCUT2D eigenvalue weighted by molar-refractivity contribution is 0.173. The summed E-state index contributed by atoms with van der Waals surface area (Å²) in [6.07, 6.45) is 6.01. The number of nitrogens with one attached hydrogen (secondary N) is 1. The van der Waals surface area contributed by atoms with E-state index < -0.39 is 10.0 Å². The summed E-state index contributed by atoms with van der Waals surface area (Å²) in [4.78, 5) is 23.1. The second kappa shape index (κ2) is 8.15. The summed E-state index contributed by atoms with van der Waals surface area (Å²) in [5.41, 5.74) is 3.42. The number of anilines is 2. The third kappa shape index (κ3) is 4.04. The maximum Gasteiger partial charge on any atom is 0.324 e. The average molecular weight is 464 g/mol. The zero-order chi connectivity index (χ0) is 23.1. The van der Waals surface area contributed by atoms with E-state index in [1.54, 1.807) is 17.3 Å². The predicted octanol–water partition coefficient (Wildman–Crippen LogP) is 3.49. The molecular formula is C24H25N5O3S. The maximum absolute atomic E-state index is 12.8. The van der Waals surface area contributed by atoms with Crippen LogP contribution in [-0.2, 0) is 15.4 Å². The van der Waals surface area contributed by atoms with Gasteiger partial charge in [-0.3, -0.25) is 9.62 Å². The Morgan fingerprint density at radius 3 is 2.24 bits per heavy atom. The van der Waals surface area contributed by atoms with E-state index in [-0.39, 0.29) is 17.4 Å². The summed E-state index contributed by atoms with van der Waals surface area (Å²) in [7, 11) is -3.36. The molecule has 0 unspecified atom stereocenters. The lowest BCUT2D eigenvalue weighted by Gasteiger charge is -2.39. The summed E-state index contributed by atoms with van der Waals surface area (Å²) >= 11 is 0. The van der Waals surface area contributed by atoms with E-state index in [1.165, 1.54) is 10.6 Å². The van der Waals surface area contributed by atoms with Crippen molar-refractivity contribution in [2.45, 2.75) is 18.3 Å². The molecule has 33 heavy (non-hydrogen) atoms. The Hall–Kier alpha value is -3.46. The minimum Gasteiger partial charge on any atom is -0.324 e. The molecule has 1 N–H and O–H groups in total. The van der Waals surface area contributed by atoms with Gasteiger partial charge in [0.25, 0.3) is 0 Å². The smallest absolute Gasteiger partial charge is 0.324 e. The zero-order valence-electron chi connectivity index (χ0n) is 18.3. The first kappa shape index (κ1) is 21.4. The molecule has 0 bridgehead atoms. The number of piperidine rings is 1. The van der Waals surface area contributed by atoms with E-state index in [0.717, 1.165) is 22.4 Å². The van der Waals surface area contributed by atoms with Crippen LogP contribution in [0.2, 0.25) is 0 Å². The van der Waals surface area contributed by atoms with Crippen LogP contribution in [0.1, 0.15) is 18.4 Å². The van der Waals surface area contributed by atoms with Gasteiger partial charge in [-0.1, -0.05) is 48.5 Å². The third-order valence-electron chi connectivity index (χ3n) is 6.58. The molecule has 0 saturated carbocycles. The molecule has 5 rings (SSSR count). The molecule has 3 heterocycles. The van der Waals surface area contributed by atoms with Crippen LogP contribution in [0, 0.1) is 0 Å². The van der Waals surface area contributed by atoms with Crippen molar-refractivity contribution in [2.24, 2.45) is 0 Å². The number of carbonyl (C=O) groups is 1. The molecule has 9 heteroatoms. The summed E-state index contributed by atoms with van der Waals surface area (Å²) in [6.45, 7) is 1.48. The van der Waals surface area contributed by atoms with Crippen LogP contribution in [0.5, 0.6) is 0 Å². The molecular weight excluding hydrogens is 438 g/mol. The fraction of sp³-hybridized carbons (Fsp3) is 0.292. The normalized spacial score (nSPS) is 17.1. The molecule has 2 aromatic carbocycles. The number of likely N-dealkylation sites (tertiary alicyclic amines) is 1. The minimum atomic E-state index is -3.36. The van der Waals surface area contributed by atoms with E-state index >= 15 is 0 Å². The van der Waals surface area contributed by atoms with Crippen LogP contribution in [0.4, 0.5) is 16.4 Å². The largest absolute Gasteiger partial charge is 0.324 e. The van der Waals surface area contributed by atoms with E-state index in [1.807, 2.05) is 54.6 Å². The van der Waals surface area contributed by atoms with Crippen LogP contribution in [-0.4, -0.2) is 55.2 Å². The molecule has 0 atom stereocenters. The number of urea groups is 1. The second-order valence-corrected chi connectivity index (χ2v) is 10.6. The first-order valence-corrected chi connectivity index (χ1v) is 12.7. The van der Waals surface area contributed by atoms with Gasteiger partial charge >= 0.3 is 6.03 Å². The van der Waals surface area contributed by atoms with Crippen molar-refractivity contribution in [2.75, 3.05) is 35.5 Å². The van der Waals surface area contributed by atoms with Gasteiger partial charge in [0.2, 0.25) is 16.0 Å². The fourth-order valence-corrected chi connectivity index (χ4v) is 5.79. The Morgan fingerprint density at radius 1 is 0.939 bits per heavy atom. The summed E-state index contributed by atoms with van der Waals surface area (Å²) in [5.74, 6) is 0.259. The number of hydrogen-bond donors (Lipinski definition) is 1. The third-order valence-corrected chi connectivity index (χ3v) is 7.70. The number of amides is 2. The zero-order valence-corrected chi connectivity index (χ0v) is 19.1. The van der Waals surface area contributed by atoms with Crippen molar-refractivity contribution in [3.63, 3.8) is 0 Å². The van der Waals surface area contributed by atoms with Gasteiger partial charge in [-0.25, -0.2) is 23.2 Å². The highest BCUT2D eigenvalue weighted by Crippen LogP contribution is 2.47. The minimum absolute atomic E-state index is 0.247. The molecule has 2 aliphatic rings. The molecule has 1 spiro atoms. The monoisotopic (exact) mass is 463 g/mol. The Labute approximate surface area is 193 Å². The van der Waals surface area contributed by atoms with E-state index in [0.29, 0.717) is 32.5 Å². The van der Waals surface area contributed by atoms with Gasteiger partial charge in [-0.15, -0.1) is 0 Å². The highest BCUT2D eigenvalue weighted by atomic mass is 32.2. The SMILES string of the molecule is CS(=O)(=O)N1CC2(CCN(C(=O)Nc3ncc(-c4ccccc4)cn3)CC2)c2ccccc21. The molecule has 2 aliphatic heterocycles. The van der Waals surface area contributed by atoms with E-state index in [4.69, 9.17) is 0 Å². The van der Waals surface area contributed by atoms with Crippen LogP contribution in [0.15, 0.2) is 67.0 Å². The van der Waals surface area contributed by atoms with Gasteiger partial charge in [-0.05, 0) is 30.0 Å². The van der Waals surface area contributed by atoms with Crippen molar-refractivity contribution < 1.29 is 13.2 Å². The Kier molecular flexibility index (Phi) is 5.28. The maximum atomic E-state index is 12.8. The highest BCUT2D eigenvalue weighted by molar-refractivity contribution is 7.92. The number of carbonyl (C=O) groups excluding carboxylic acids is 1. The number of hydrogen-bond acceptors (Lipinski definition) is 5. The van der Waals surface area contributed by atoms with Gasteiger partial charge in [0.05, 0.1) is 11.9 Å². The number of fused-ring (bicyclic) bond motifs is 2. The first-order valence-electron chi connectivity index (χ1n) is 10.9. The Morgan fingerprint density at radius 2 is 1.58 bits per heavy atom. The molecule has 1 saturated heterocycles. The lowest BCUT2D eigenvalue weighted by atomic mass is 9.74. The summed E-state index contributed by atoms with van der Waals surface area (Å²) < 4.78 is 26.2. The number of rotatable bonds is 3. The molecule has 8 nitrogen and oxygen atoms in total. The molecule has 1 fully saturated rings. The van der Waals surface area contributed by atoms with Gasteiger partial charge < -0.3 is 4.90 Å². The number of aromatic nitrogens is 2. The number of sulfonamides is 1. The second-order valence-electron chi connectivity index (χ2n) is 8.65. The quantitative estimate of drug-likeness (QED) is 0.642. The van der Waals surface area contributed by atoms with Crippen molar-refractivity contribution >= 4 is 27.7 Å². The van der Waals surface area contributed by atoms with E-state index in [9.17, 15) is 13.2 Å². The molecule has 0 radical (unpaired) electrons. The molecule has 1 aromatic heterocycles. The molecule has 2 amide bonds. The summed E-state index contributed by atoms with van der Waals surface area (Å²) in [5, 5.41) is 2.78. The van der Waals surface area contributed by atoms with Crippen LogP contribution in [0.25, 0.3) is 11.1 Å². The van der Waals surface area contributed by atoms with Crippen molar-refractivity contribution in [1.29, 1.82) is 0 Å². The first-order chi connectivity index (χ1) is 15.9. The fourth-order valence-electron chi connectivity index (χ4n) is 4.79. The van der Waals surface area contributed by atoms with Crippen LogP contribution >= 0.6 is 0 Å².